The van der Waals surface area contributed by atoms with Crippen molar-refractivity contribution in [2.45, 2.75) is 20.8 Å². The highest BCUT2D eigenvalue weighted by Crippen LogP contribution is 2.27. The average Bonchev–Trinajstić information content (AvgIpc) is 3.01. The summed E-state index contributed by atoms with van der Waals surface area (Å²) in [6.07, 6.45) is 2.55. The smallest absolute Gasteiger partial charge is 0.260 e. The number of carbonyl (C=O) groups is 1. The van der Waals surface area contributed by atoms with E-state index >= 15 is 0 Å². The summed E-state index contributed by atoms with van der Waals surface area (Å²) in [4.78, 5) is 12.5. The maximum atomic E-state index is 12.5. The Bertz CT molecular complexity index is 1330. The van der Waals surface area contributed by atoms with Crippen molar-refractivity contribution in [1.82, 2.24) is 9.99 Å². The second-order valence-corrected chi connectivity index (χ2v) is 10.4. The van der Waals surface area contributed by atoms with Crippen LogP contribution in [0.4, 0.5) is 5.69 Å². The van der Waals surface area contributed by atoms with Gasteiger partial charge >= 0.3 is 0 Å². The number of amides is 1. The van der Waals surface area contributed by atoms with Gasteiger partial charge in [0.1, 0.15) is 6.54 Å². The van der Waals surface area contributed by atoms with Crippen molar-refractivity contribution in [1.29, 1.82) is 0 Å². The lowest BCUT2D eigenvalue weighted by atomic mass is 10.2. The summed E-state index contributed by atoms with van der Waals surface area (Å²) in [6.45, 7) is 5.18. The molecular formula is C23H24Cl2N4O3S. The van der Waals surface area contributed by atoms with Gasteiger partial charge in [0, 0.05) is 22.0 Å². The number of sulfonamides is 1. The molecule has 1 aromatic heterocycles. The largest absolute Gasteiger partial charge is 0.316 e. The van der Waals surface area contributed by atoms with Crippen LogP contribution in [-0.2, 0) is 14.8 Å². The van der Waals surface area contributed by atoms with Crippen LogP contribution in [0.5, 0.6) is 0 Å². The van der Waals surface area contributed by atoms with Crippen LogP contribution in [0.15, 0.2) is 53.6 Å². The van der Waals surface area contributed by atoms with Gasteiger partial charge in [-0.25, -0.2) is 13.8 Å². The summed E-state index contributed by atoms with van der Waals surface area (Å²) >= 11 is 12.4. The average molecular weight is 507 g/mol. The molecule has 0 saturated carbocycles. The molecule has 0 radical (unpaired) electrons. The van der Waals surface area contributed by atoms with Gasteiger partial charge in [-0.1, -0.05) is 41.4 Å². The number of anilines is 1. The Hall–Kier alpha value is -2.81. The first-order valence-electron chi connectivity index (χ1n) is 9.98. The number of hydrogen-bond donors (Lipinski definition) is 1. The molecule has 0 aliphatic heterocycles. The molecule has 174 valence electrons. The van der Waals surface area contributed by atoms with Gasteiger partial charge in [0.05, 0.1) is 28.9 Å². The van der Waals surface area contributed by atoms with Crippen LogP contribution in [0, 0.1) is 20.8 Å². The van der Waals surface area contributed by atoms with Crippen LogP contribution in [-0.4, -0.2) is 37.9 Å². The molecule has 33 heavy (non-hydrogen) atoms. The summed E-state index contributed by atoms with van der Waals surface area (Å²) in [7, 11) is -3.73. The fraction of sp³-hybridized carbons (Fsp3) is 0.217. The van der Waals surface area contributed by atoms with E-state index in [0.717, 1.165) is 33.2 Å². The van der Waals surface area contributed by atoms with Crippen LogP contribution < -0.4 is 9.73 Å². The zero-order chi connectivity index (χ0) is 24.3. The molecule has 0 fully saturated rings. The van der Waals surface area contributed by atoms with E-state index in [1.807, 2.05) is 48.7 Å². The van der Waals surface area contributed by atoms with E-state index in [0.29, 0.717) is 21.3 Å². The number of aromatic nitrogens is 1. The Morgan fingerprint density at radius 1 is 1.12 bits per heavy atom. The van der Waals surface area contributed by atoms with E-state index in [4.69, 9.17) is 23.2 Å². The number of aryl methyl sites for hydroxylation is 2. The molecule has 2 aromatic carbocycles. The molecule has 1 heterocycles. The summed E-state index contributed by atoms with van der Waals surface area (Å²) in [5.74, 6) is -0.587. The van der Waals surface area contributed by atoms with Crippen molar-refractivity contribution in [3.05, 3.63) is 81.1 Å². The Balaban J connectivity index is 1.78. The number of hydrogen-bond acceptors (Lipinski definition) is 4. The van der Waals surface area contributed by atoms with E-state index in [1.54, 1.807) is 19.1 Å². The van der Waals surface area contributed by atoms with Crippen LogP contribution in [0.1, 0.15) is 22.5 Å². The molecule has 1 N–H and O–H groups in total. The predicted octanol–water partition coefficient (Wildman–Crippen LogP) is 4.63. The third-order valence-corrected chi connectivity index (χ3v) is 6.77. The molecule has 10 heteroatoms. The second kappa shape index (κ2) is 9.99. The number of rotatable bonds is 7. The van der Waals surface area contributed by atoms with E-state index in [2.05, 4.69) is 10.5 Å². The molecule has 0 aliphatic rings. The molecule has 0 atom stereocenters. The highest BCUT2D eigenvalue weighted by molar-refractivity contribution is 7.92. The van der Waals surface area contributed by atoms with Gasteiger partial charge in [-0.2, -0.15) is 5.10 Å². The maximum absolute atomic E-state index is 12.5. The summed E-state index contributed by atoms with van der Waals surface area (Å²) in [5.41, 5.74) is 6.90. The fourth-order valence-electron chi connectivity index (χ4n) is 3.49. The summed E-state index contributed by atoms with van der Waals surface area (Å²) < 4.78 is 27.6. The van der Waals surface area contributed by atoms with Crippen molar-refractivity contribution in [2.24, 2.45) is 5.10 Å². The molecule has 3 rings (SSSR count). The van der Waals surface area contributed by atoms with Crippen molar-refractivity contribution in [2.75, 3.05) is 17.1 Å². The molecule has 0 spiro atoms. The standard InChI is InChI=1S/C23H24Cl2N4O3S/c1-15-9-10-19(24)12-22(15)28(33(4,31)32)14-23(30)27-26-13-18-11-16(2)29(17(18)3)21-8-6-5-7-20(21)25/h5-13H,14H2,1-4H3,(H,27,30)/b26-13-. The van der Waals surface area contributed by atoms with Gasteiger partial charge < -0.3 is 4.57 Å². The van der Waals surface area contributed by atoms with Crippen molar-refractivity contribution >= 4 is 51.0 Å². The minimum absolute atomic E-state index is 0.340. The zero-order valence-electron chi connectivity index (χ0n) is 18.6. The Morgan fingerprint density at radius 2 is 1.82 bits per heavy atom. The van der Waals surface area contributed by atoms with Gasteiger partial charge in [0.25, 0.3) is 5.91 Å². The van der Waals surface area contributed by atoms with Crippen LogP contribution in [0.25, 0.3) is 5.69 Å². The van der Waals surface area contributed by atoms with Crippen molar-refractivity contribution in [3.8, 4) is 5.69 Å². The van der Waals surface area contributed by atoms with Crippen LogP contribution in [0.3, 0.4) is 0 Å². The maximum Gasteiger partial charge on any atom is 0.260 e. The summed E-state index contributed by atoms with van der Waals surface area (Å²) in [6, 6.07) is 14.3. The Morgan fingerprint density at radius 3 is 2.48 bits per heavy atom. The Labute approximate surface area is 203 Å². The lowest BCUT2D eigenvalue weighted by Crippen LogP contribution is -2.39. The van der Waals surface area contributed by atoms with E-state index in [9.17, 15) is 13.2 Å². The topological polar surface area (TPSA) is 83.8 Å². The van der Waals surface area contributed by atoms with Crippen molar-refractivity contribution in [3.63, 3.8) is 0 Å². The molecule has 0 bridgehead atoms. The van der Waals surface area contributed by atoms with Crippen LogP contribution >= 0.6 is 23.2 Å². The fourth-order valence-corrected chi connectivity index (χ4v) is 4.79. The van der Waals surface area contributed by atoms with E-state index in [1.165, 1.54) is 12.3 Å². The number of benzene rings is 2. The number of hydrazone groups is 1. The molecule has 0 aliphatic carbocycles. The monoisotopic (exact) mass is 506 g/mol. The highest BCUT2D eigenvalue weighted by Gasteiger charge is 2.22. The molecular weight excluding hydrogens is 483 g/mol. The summed E-state index contributed by atoms with van der Waals surface area (Å²) in [5, 5.41) is 5.01. The minimum atomic E-state index is -3.73. The number of para-hydroxylation sites is 1. The normalized spacial score (nSPS) is 11.7. The van der Waals surface area contributed by atoms with E-state index < -0.39 is 22.5 Å². The van der Waals surface area contributed by atoms with Gasteiger partial charge in [-0.15, -0.1) is 0 Å². The molecule has 3 aromatic rings. The lowest BCUT2D eigenvalue weighted by Gasteiger charge is -2.23. The van der Waals surface area contributed by atoms with Gasteiger partial charge in [0.15, 0.2) is 0 Å². The lowest BCUT2D eigenvalue weighted by molar-refractivity contribution is -0.119. The highest BCUT2D eigenvalue weighted by atomic mass is 35.5. The third-order valence-electron chi connectivity index (χ3n) is 5.08. The first kappa shape index (κ1) is 24.8. The number of nitrogens with zero attached hydrogens (tertiary/aromatic N) is 3. The molecule has 7 nitrogen and oxygen atoms in total. The number of carbonyl (C=O) groups excluding carboxylic acids is 1. The van der Waals surface area contributed by atoms with Gasteiger partial charge in [-0.3, -0.25) is 9.10 Å². The second-order valence-electron chi connectivity index (χ2n) is 7.61. The van der Waals surface area contributed by atoms with Crippen molar-refractivity contribution < 1.29 is 13.2 Å². The molecule has 1 amide bonds. The SMILES string of the molecule is Cc1ccc(Cl)cc1N(CC(=O)N/N=C\c1cc(C)n(-c2ccccc2Cl)c1C)S(C)(=O)=O. The Kier molecular flexibility index (Phi) is 7.51. The first-order chi connectivity index (χ1) is 15.5. The quantitative estimate of drug-likeness (QED) is 0.374. The molecule has 0 unspecified atom stereocenters. The van der Waals surface area contributed by atoms with Gasteiger partial charge in [0.2, 0.25) is 10.0 Å². The zero-order valence-corrected chi connectivity index (χ0v) is 21.0. The first-order valence-corrected chi connectivity index (χ1v) is 12.6. The third kappa shape index (κ3) is 5.76. The van der Waals surface area contributed by atoms with Gasteiger partial charge in [-0.05, 0) is 56.7 Å². The molecule has 0 saturated heterocycles. The van der Waals surface area contributed by atoms with Crippen LogP contribution in [0.2, 0.25) is 10.0 Å². The minimum Gasteiger partial charge on any atom is -0.316 e. The number of halogens is 2. The van der Waals surface area contributed by atoms with E-state index in [-0.39, 0.29) is 0 Å². The number of nitrogens with one attached hydrogen (secondary N) is 1. The predicted molar refractivity (Wildman–Crippen MR) is 134 cm³/mol.